The van der Waals surface area contributed by atoms with Crippen LogP contribution in [0.1, 0.15) is 23.6 Å². The van der Waals surface area contributed by atoms with Gasteiger partial charge in [-0.1, -0.05) is 60.7 Å². The summed E-state index contributed by atoms with van der Waals surface area (Å²) in [6, 6.07) is 20.2. The van der Waals surface area contributed by atoms with Gasteiger partial charge in [0.1, 0.15) is 0 Å². The number of rotatable bonds is 4. The summed E-state index contributed by atoms with van der Waals surface area (Å²) < 4.78 is 0. The van der Waals surface area contributed by atoms with Crippen LogP contribution in [0, 0.1) is 5.92 Å². The van der Waals surface area contributed by atoms with Gasteiger partial charge in [-0.05, 0) is 24.1 Å². The molecule has 4 rings (SSSR count). The van der Waals surface area contributed by atoms with Crippen LogP contribution in [0.15, 0.2) is 60.7 Å². The number of piperidine rings is 1. The van der Waals surface area contributed by atoms with Crippen LogP contribution in [0.2, 0.25) is 0 Å². The van der Waals surface area contributed by atoms with E-state index < -0.39 is 0 Å². The minimum atomic E-state index is -0.323. The Labute approximate surface area is 165 Å². The molecule has 3 amide bonds. The molecule has 3 unspecified atom stereocenters. The SMILES string of the molecule is CN1C(=O)C2C(NC(c3ccccc3)c3ccccc3)CCNC2N(C)C1=O. The summed E-state index contributed by atoms with van der Waals surface area (Å²) in [5.74, 6) is -0.450. The average molecular weight is 378 g/mol. The van der Waals surface area contributed by atoms with E-state index >= 15 is 0 Å². The van der Waals surface area contributed by atoms with Crippen molar-refractivity contribution in [1.82, 2.24) is 20.4 Å². The number of imide groups is 1. The highest BCUT2D eigenvalue weighted by Gasteiger charge is 2.49. The number of urea groups is 1. The van der Waals surface area contributed by atoms with Crippen molar-refractivity contribution in [2.75, 3.05) is 20.6 Å². The Morgan fingerprint density at radius 3 is 2.11 bits per heavy atom. The van der Waals surface area contributed by atoms with Gasteiger partial charge in [0.2, 0.25) is 5.91 Å². The van der Waals surface area contributed by atoms with Crippen LogP contribution in [0.3, 0.4) is 0 Å². The maximum atomic E-state index is 13.0. The molecule has 2 aliphatic heterocycles. The summed E-state index contributed by atoms with van der Waals surface area (Å²) >= 11 is 0. The Morgan fingerprint density at radius 1 is 0.964 bits per heavy atom. The number of hydrogen-bond donors (Lipinski definition) is 2. The first kappa shape index (κ1) is 18.7. The monoisotopic (exact) mass is 378 g/mol. The minimum Gasteiger partial charge on any atom is -0.311 e. The van der Waals surface area contributed by atoms with E-state index in [0.29, 0.717) is 0 Å². The highest BCUT2D eigenvalue weighted by molar-refractivity contribution is 5.98. The van der Waals surface area contributed by atoms with Crippen LogP contribution in [0.5, 0.6) is 0 Å². The van der Waals surface area contributed by atoms with E-state index in [9.17, 15) is 9.59 Å². The second-order valence-electron chi connectivity index (χ2n) is 7.53. The first-order valence-corrected chi connectivity index (χ1v) is 9.71. The van der Waals surface area contributed by atoms with Crippen LogP contribution < -0.4 is 10.6 Å². The molecule has 0 aliphatic carbocycles. The zero-order valence-corrected chi connectivity index (χ0v) is 16.2. The summed E-state index contributed by atoms with van der Waals surface area (Å²) in [6.07, 6.45) is 0.536. The molecule has 28 heavy (non-hydrogen) atoms. The lowest BCUT2D eigenvalue weighted by Gasteiger charge is -2.48. The molecule has 0 spiro atoms. The molecule has 2 N–H and O–H groups in total. The van der Waals surface area contributed by atoms with Crippen molar-refractivity contribution < 1.29 is 9.59 Å². The summed E-state index contributed by atoms with van der Waals surface area (Å²) in [6.45, 7) is 0.754. The number of hydrogen-bond acceptors (Lipinski definition) is 4. The van der Waals surface area contributed by atoms with Crippen molar-refractivity contribution in [2.24, 2.45) is 5.92 Å². The molecule has 3 atom stereocenters. The highest BCUT2D eigenvalue weighted by atomic mass is 16.2. The van der Waals surface area contributed by atoms with Gasteiger partial charge in [0.05, 0.1) is 18.1 Å². The van der Waals surface area contributed by atoms with E-state index in [1.165, 1.54) is 4.90 Å². The molecule has 2 heterocycles. The number of carbonyl (C=O) groups is 2. The molecular weight excluding hydrogens is 352 g/mol. The number of carbonyl (C=O) groups excluding carboxylic acids is 2. The number of amides is 3. The Hall–Kier alpha value is -2.70. The molecular formula is C22H26N4O2. The molecule has 0 aromatic heterocycles. The molecule has 2 aromatic carbocycles. The standard InChI is InChI=1S/C22H26N4O2/c1-25-20-18(21(27)26(2)22(25)28)17(13-14-23-20)24-19(15-9-5-3-6-10-15)16-11-7-4-8-12-16/h3-12,17-20,23-24H,13-14H2,1-2H3. The van der Waals surface area contributed by atoms with Crippen LogP contribution in [-0.4, -0.2) is 54.6 Å². The number of fused-ring (bicyclic) bond motifs is 1. The van der Waals surface area contributed by atoms with E-state index in [2.05, 4.69) is 34.9 Å². The molecule has 0 saturated carbocycles. The van der Waals surface area contributed by atoms with Crippen molar-refractivity contribution in [3.8, 4) is 0 Å². The molecule has 0 bridgehead atoms. The molecule has 6 heteroatoms. The second kappa shape index (κ2) is 7.73. The average Bonchev–Trinajstić information content (AvgIpc) is 2.75. The molecule has 146 valence electrons. The normalized spacial score (nSPS) is 25.2. The van der Waals surface area contributed by atoms with Gasteiger partial charge in [-0.2, -0.15) is 0 Å². The lowest BCUT2D eigenvalue weighted by Crippen LogP contribution is -2.70. The summed E-state index contributed by atoms with van der Waals surface area (Å²) in [4.78, 5) is 28.2. The minimum absolute atomic E-state index is 0.0211. The van der Waals surface area contributed by atoms with Gasteiger partial charge in [0.25, 0.3) is 0 Å². The Morgan fingerprint density at radius 2 is 1.54 bits per heavy atom. The largest absolute Gasteiger partial charge is 0.327 e. The quantitative estimate of drug-likeness (QED) is 0.856. The van der Waals surface area contributed by atoms with Gasteiger partial charge in [-0.15, -0.1) is 0 Å². The maximum Gasteiger partial charge on any atom is 0.327 e. The Kier molecular flexibility index (Phi) is 5.15. The third-order valence-electron chi connectivity index (χ3n) is 5.85. The van der Waals surface area contributed by atoms with Gasteiger partial charge < -0.3 is 10.2 Å². The van der Waals surface area contributed by atoms with Crippen LogP contribution in [-0.2, 0) is 4.79 Å². The fraction of sp³-hybridized carbons (Fsp3) is 0.364. The zero-order valence-electron chi connectivity index (χ0n) is 16.2. The predicted molar refractivity (Wildman–Crippen MR) is 107 cm³/mol. The molecule has 0 radical (unpaired) electrons. The van der Waals surface area contributed by atoms with Crippen LogP contribution in [0.25, 0.3) is 0 Å². The van der Waals surface area contributed by atoms with Gasteiger partial charge >= 0.3 is 6.03 Å². The lowest BCUT2D eigenvalue weighted by atomic mass is 9.85. The van der Waals surface area contributed by atoms with Crippen molar-refractivity contribution in [1.29, 1.82) is 0 Å². The zero-order chi connectivity index (χ0) is 19.7. The second-order valence-corrected chi connectivity index (χ2v) is 7.53. The first-order chi connectivity index (χ1) is 13.6. The van der Waals surface area contributed by atoms with E-state index in [1.807, 2.05) is 36.4 Å². The number of nitrogens with one attached hydrogen (secondary N) is 2. The number of benzene rings is 2. The van der Waals surface area contributed by atoms with Gasteiger partial charge in [0, 0.05) is 20.1 Å². The molecule has 2 aliphatic rings. The lowest BCUT2D eigenvalue weighted by molar-refractivity contribution is -0.140. The predicted octanol–water partition coefficient (Wildman–Crippen LogP) is 2.19. The summed E-state index contributed by atoms with van der Waals surface area (Å²) in [7, 11) is 3.32. The Balaban J connectivity index is 1.66. The molecule has 2 saturated heterocycles. The van der Waals surface area contributed by atoms with Gasteiger partial charge in [0.15, 0.2) is 0 Å². The Bertz CT molecular complexity index is 803. The topological polar surface area (TPSA) is 64.7 Å². The molecule has 6 nitrogen and oxygen atoms in total. The van der Waals surface area contributed by atoms with E-state index in [4.69, 9.17) is 0 Å². The third-order valence-corrected chi connectivity index (χ3v) is 5.85. The van der Waals surface area contributed by atoms with Crippen molar-refractivity contribution in [3.05, 3.63) is 71.8 Å². The molecule has 2 aromatic rings. The van der Waals surface area contributed by atoms with E-state index in [0.717, 1.165) is 24.1 Å². The van der Waals surface area contributed by atoms with Crippen LogP contribution >= 0.6 is 0 Å². The fourth-order valence-corrected chi connectivity index (χ4v) is 4.35. The summed E-state index contributed by atoms with van der Waals surface area (Å²) in [5, 5.41) is 7.10. The first-order valence-electron chi connectivity index (χ1n) is 9.71. The smallest absolute Gasteiger partial charge is 0.311 e. The number of nitrogens with zero attached hydrogens (tertiary/aromatic N) is 2. The van der Waals surface area contributed by atoms with Gasteiger partial charge in [-0.25, -0.2) is 4.79 Å². The van der Waals surface area contributed by atoms with Gasteiger partial charge in [-0.3, -0.25) is 15.0 Å². The van der Waals surface area contributed by atoms with Crippen molar-refractivity contribution in [2.45, 2.75) is 24.7 Å². The third kappa shape index (κ3) is 3.30. The van der Waals surface area contributed by atoms with Crippen molar-refractivity contribution in [3.63, 3.8) is 0 Å². The van der Waals surface area contributed by atoms with Crippen molar-refractivity contribution >= 4 is 11.9 Å². The van der Waals surface area contributed by atoms with E-state index in [1.54, 1.807) is 19.0 Å². The van der Waals surface area contributed by atoms with Crippen LogP contribution in [0.4, 0.5) is 4.79 Å². The maximum absolute atomic E-state index is 13.0. The fourth-order valence-electron chi connectivity index (χ4n) is 4.35. The molecule has 2 fully saturated rings. The summed E-state index contributed by atoms with van der Waals surface area (Å²) in [5.41, 5.74) is 2.31. The highest BCUT2D eigenvalue weighted by Crippen LogP contribution is 2.30. The van der Waals surface area contributed by atoms with E-state index in [-0.39, 0.29) is 36.1 Å².